The Morgan fingerprint density at radius 1 is 1.00 bits per heavy atom. The molecule has 1 heteroatoms. The summed E-state index contributed by atoms with van der Waals surface area (Å²) in [5.74, 6) is 0.620. The molecule has 20 heavy (non-hydrogen) atoms. The summed E-state index contributed by atoms with van der Waals surface area (Å²) in [4.78, 5) is 3.16. The van der Waals surface area contributed by atoms with E-state index in [-0.39, 0.29) is 5.41 Å². The minimum Gasteiger partial charge on any atom is -0.144 e. The van der Waals surface area contributed by atoms with Gasteiger partial charge in [-0.25, -0.2) is 0 Å². The highest BCUT2D eigenvalue weighted by atomic mass is 32.1. The Morgan fingerprint density at radius 3 is 2.20 bits per heavy atom. The largest absolute Gasteiger partial charge is 0.144 e. The summed E-state index contributed by atoms with van der Waals surface area (Å²) in [6, 6.07) is 4.80. The summed E-state index contributed by atoms with van der Waals surface area (Å²) in [6.45, 7) is 6.97. The molecule has 0 unspecified atom stereocenters. The first kappa shape index (κ1) is 14.1. The maximum atomic E-state index is 2.43. The quantitative estimate of drug-likeness (QED) is 0.626. The van der Waals surface area contributed by atoms with Gasteiger partial charge >= 0.3 is 0 Å². The molecular weight excluding hydrogens is 260 g/mol. The molecule has 0 N–H and O–H groups in total. The first-order valence-electron chi connectivity index (χ1n) is 7.98. The third-order valence-electron chi connectivity index (χ3n) is 4.97. The number of rotatable bonds is 2. The zero-order valence-corrected chi connectivity index (χ0v) is 13.8. The van der Waals surface area contributed by atoms with Gasteiger partial charge in [0.1, 0.15) is 0 Å². The minimum absolute atomic E-state index is 0.278. The molecule has 2 aliphatic rings. The second-order valence-electron chi connectivity index (χ2n) is 7.43. The Bertz CT molecular complexity index is 506. The molecule has 0 saturated heterocycles. The lowest BCUT2D eigenvalue weighted by molar-refractivity contribution is 0.258. The van der Waals surface area contributed by atoms with Crippen molar-refractivity contribution in [1.29, 1.82) is 0 Å². The Balaban J connectivity index is 1.99. The fourth-order valence-corrected chi connectivity index (χ4v) is 5.09. The first-order valence-corrected chi connectivity index (χ1v) is 8.80. The highest BCUT2D eigenvalue weighted by molar-refractivity contribution is 7.12. The van der Waals surface area contributed by atoms with Gasteiger partial charge in [0.15, 0.2) is 0 Å². The lowest BCUT2D eigenvalue weighted by Gasteiger charge is -2.40. The average molecular weight is 286 g/mol. The van der Waals surface area contributed by atoms with Crippen molar-refractivity contribution in [3.05, 3.63) is 46.2 Å². The molecule has 2 aliphatic carbocycles. The zero-order chi connectivity index (χ0) is 14.2. The molecule has 0 aliphatic heterocycles. The van der Waals surface area contributed by atoms with E-state index in [1.54, 1.807) is 4.88 Å². The van der Waals surface area contributed by atoms with Crippen LogP contribution >= 0.6 is 11.3 Å². The van der Waals surface area contributed by atoms with Crippen LogP contribution in [0.4, 0.5) is 0 Å². The van der Waals surface area contributed by atoms with E-state index in [4.69, 9.17) is 0 Å². The van der Waals surface area contributed by atoms with Crippen molar-refractivity contribution in [2.45, 2.75) is 63.7 Å². The van der Waals surface area contributed by atoms with Crippen molar-refractivity contribution in [2.24, 2.45) is 5.92 Å². The van der Waals surface area contributed by atoms with Gasteiger partial charge in [-0.2, -0.15) is 0 Å². The second-order valence-corrected chi connectivity index (χ2v) is 8.51. The average Bonchev–Trinajstić information content (AvgIpc) is 3.11. The molecule has 1 saturated carbocycles. The van der Waals surface area contributed by atoms with E-state index in [0.717, 1.165) is 0 Å². The molecule has 0 aromatic carbocycles. The van der Waals surface area contributed by atoms with Gasteiger partial charge in [-0.3, -0.25) is 0 Å². The Labute approximate surface area is 127 Å². The van der Waals surface area contributed by atoms with Crippen molar-refractivity contribution in [1.82, 2.24) is 0 Å². The van der Waals surface area contributed by atoms with Crippen LogP contribution in [0.1, 0.15) is 62.6 Å². The van der Waals surface area contributed by atoms with Crippen LogP contribution in [0.2, 0.25) is 0 Å². The van der Waals surface area contributed by atoms with Crippen LogP contribution in [0.15, 0.2) is 36.4 Å². The van der Waals surface area contributed by atoms with Gasteiger partial charge in [0.25, 0.3) is 0 Å². The molecule has 0 radical (unpaired) electrons. The highest BCUT2D eigenvalue weighted by Crippen LogP contribution is 2.50. The topological polar surface area (TPSA) is 0 Å². The van der Waals surface area contributed by atoms with E-state index in [1.807, 2.05) is 0 Å². The third-order valence-corrected chi connectivity index (χ3v) is 6.70. The van der Waals surface area contributed by atoms with Crippen molar-refractivity contribution >= 4 is 11.3 Å². The molecule has 1 heterocycles. The van der Waals surface area contributed by atoms with Crippen LogP contribution in [-0.2, 0) is 10.8 Å². The smallest absolute Gasteiger partial charge is 0.0145 e. The molecule has 0 atom stereocenters. The van der Waals surface area contributed by atoms with Gasteiger partial charge in [-0.15, -0.1) is 11.3 Å². The van der Waals surface area contributed by atoms with Gasteiger partial charge in [-0.05, 0) is 30.4 Å². The normalized spacial score (nSPS) is 22.6. The Hall–Kier alpha value is -0.820. The standard InChI is InChI=1S/C19H26S/c1-18(2,3)16-11-12-17(20-16)19(13-7-4-8-14-19)15-9-5-6-10-15/h5-6,9-12,15H,4,7-8,13-14H2,1-3H3. The van der Waals surface area contributed by atoms with E-state index in [0.29, 0.717) is 11.3 Å². The van der Waals surface area contributed by atoms with E-state index >= 15 is 0 Å². The number of hydrogen-bond donors (Lipinski definition) is 0. The van der Waals surface area contributed by atoms with E-state index in [1.165, 1.54) is 37.0 Å². The van der Waals surface area contributed by atoms with Gasteiger partial charge < -0.3 is 0 Å². The van der Waals surface area contributed by atoms with Crippen molar-refractivity contribution in [3.63, 3.8) is 0 Å². The fourth-order valence-electron chi connectivity index (χ4n) is 3.74. The monoisotopic (exact) mass is 286 g/mol. The molecule has 0 spiro atoms. The van der Waals surface area contributed by atoms with E-state index in [2.05, 4.69) is 68.5 Å². The van der Waals surface area contributed by atoms with Gasteiger partial charge in [0, 0.05) is 21.1 Å². The van der Waals surface area contributed by atoms with Crippen LogP contribution in [0, 0.1) is 5.92 Å². The van der Waals surface area contributed by atoms with E-state index in [9.17, 15) is 0 Å². The van der Waals surface area contributed by atoms with Crippen LogP contribution in [0.5, 0.6) is 0 Å². The van der Waals surface area contributed by atoms with Crippen molar-refractivity contribution < 1.29 is 0 Å². The Morgan fingerprint density at radius 2 is 1.65 bits per heavy atom. The lowest BCUT2D eigenvalue weighted by Crippen LogP contribution is -2.34. The SMILES string of the molecule is CC(C)(C)c1ccc(C2(C3C=CC=C3)CCCCC2)s1. The summed E-state index contributed by atoms with van der Waals surface area (Å²) >= 11 is 2.06. The predicted octanol–water partition coefficient (Wildman–Crippen LogP) is 5.99. The molecule has 0 amide bonds. The van der Waals surface area contributed by atoms with Crippen LogP contribution in [0.25, 0.3) is 0 Å². The lowest BCUT2D eigenvalue weighted by atomic mass is 9.65. The third kappa shape index (κ3) is 2.41. The van der Waals surface area contributed by atoms with Gasteiger partial charge in [0.05, 0.1) is 0 Å². The summed E-state index contributed by atoms with van der Waals surface area (Å²) in [5, 5.41) is 0. The van der Waals surface area contributed by atoms with E-state index < -0.39 is 0 Å². The number of hydrogen-bond acceptors (Lipinski definition) is 1. The van der Waals surface area contributed by atoms with Crippen LogP contribution in [0.3, 0.4) is 0 Å². The molecule has 0 bridgehead atoms. The summed E-state index contributed by atoms with van der Waals surface area (Å²) in [7, 11) is 0. The summed E-state index contributed by atoms with van der Waals surface area (Å²) < 4.78 is 0. The summed E-state index contributed by atoms with van der Waals surface area (Å²) in [5.41, 5.74) is 0.663. The minimum atomic E-state index is 0.278. The molecular formula is C19H26S. The maximum Gasteiger partial charge on any atom is 0.0145 e. The molecule has 1 aromatic rings. The fraction of sp³-hybridized carbons (Fsp3) is 0.579. The first-order chi connectivity index (χ1) is 9.52. The van der Waals surface area contributed by atoms with Crippen LogP contribution < -0.4 is 0 Å². The molecule has 108 valence electrons. The maximum absolute atomic E-state index is 2.43. The van der Waals surface area contributed by atoms with Gasteiger partial charge in [-0.1, -0.05) is 64.3 Å². The molecule has 0 nitrogen and oxygen atoms in total. The van der Waals surface area contributed by atoms with Crippen molar-refractivity contribution in [2.75, 3.05) is 0 Å². The Kier molecular flexibility index (Phi) is 3.66. The predicted molar refractivity (Wildman–Crippen MR) is 89.6 cm³/mol. The second kappa shape index (κ2) is 5.18. The number of thiophene rings is 1. The van der Waals surface area contributed by atoms with Crippen LogP contribution in [-0.4, -0.2) is 0 Å². The zero-order valence-electron chi connectivity index (χ0n) is 13.0. The highest BCUT2D eigenvalue weighted by Gasteiger charge is 2.41. The molecule has 1 aromatic heterocycles. The molecule has 3 rings (SSSR count). The van der Waals surface area contributed by atoms with Gasteiger partial charge in [0.2, 0.25) is 0 Å². The summed E-state index contributed by atoms with van der Waals surface area (Å²) in [6.07, 6.45) is 16.2. The molecule has 1 fully saturated rings. The number of allylic oxidation sites excluding steroid dienone is 4. The van der Waals surface area contributed by atoms with Crippen molar-refractivity contribution in [3.8, 4) is 0 Å².